The van der Waals surface area contributed by atoms with Crippen LogP contribution in [-0.2, 0) is 0 Å². The van der Waals surface area contributed by atoms with Crippen LogP contribution in [0.15, 0.2) is 42.6 Å². The van der Waals surface area contributed by atoms with Crippen molar-refractivity contribution in [1.82, 2.24) is 4.98 Å². The second-order valence-electron chi connectivity index (χ2n) is 5.77. The van der Waals surface area contributed by atoms with Crippen LogP contribution in [0, 0.1) is 6.92 Å². The molecule has 1 unspecified atom stereocenters. The summed E-state index contributed by atoms with van der Waals surface area (Å²) in [7, 11) is 0. The molecule has 1 fully saturated rings. The summed E-state index contributed by atoms with van der Waals surface area (Å²) in [6, 6.07) is 11.8. The number of pyridine rings is 1. The molecule has 110 valence electrons. The van der Waals surface area contributed by atoms with Crippen LogP contribution in [0.25, 0.3) is 0 Å². The first-order valence-corrected chi connectivity index (χ1v) is 7.70. The maximum absolute atomic E-state index is 10.5. The first-order valence-electron chi connectivity index (χ1n) is 7.70. The van der Waals surface area contributed by atoms with Crippen molar-refractivity contribution in [2.75, 3.05) is 18.0 Å². The van der Waals surface area contributed by atoms with Gasteiger partial charge in [-0.15, -0.1) is 0 Å². The number of piperidine rings is 1. The fraction of sp³-hybridized carbons (Fsp3) is 0.389. The van der Waals surface area contributed by atoms with Crippen LogP contribution in [0.5, 0.6) is 0 Å². The highest BCUT2D eigenvalue weighted by molar-refractivity contribution is 5.48. The Kier molecular flexibility index (Phi) is 4.20. The van der Waals surface area contributed by atoms with E-state index in [1.54, 1.807) is 0 Å². The molecule has 0 radical (unpaired) electrons. The van der Waals surface area contributed by atoms with E-state index in [0.29, 0.717) is 0 Å². The summed E-state index contributed by atoms with van der Waals surface area (Å²) in [5.41, 5.74) is 2.91. The van der Waals surface area contributed by atoms with Crippen molar-refractivity contribution >= 4 is 5.82 Å². The molecule has 0 spiro atoms. The van der Waals surface area contributed by atoms with E-state index in [1.165, 1.54) is 19.3 Å². The molecule has 1 aliphatic rings. The third kappa shape index (κ3) is 3.08. The van der Waals surface area contributed by atoms with Gasteiger partial charge in [-0.2, -0.15) is 0 Å². The van der Waals surface area contributed by atoms with Crippen molar-refractivity contribution in [3.8, 4) is 0 Å². The number of aliphatic hydroxyl groups excluding tert-OH is 1. The minimum atomic E-state index is -0.604. The van der Waals surface area contributed by atoms with E-state index in [2.05, 4.69) is 22.9 Å². The van der Waals surface area contributed by atoms with Gasteiger partial charge in [0.05, 0.1) is 0 Å². The summed E-state index contributed by atoms with van der Waals surface area (Å²) in [4.78, 5) is 6.97. The number of nitrogens with zero attached hydrogens (tertiary/aromatic N) is 2. The highest BCUT2D eigenvalue weighted by Crippen LogP contribution is 2.26. The molecule has 3 nitrogen and oxygen atoms in total. The van der Waals surface area contributed by atoms with Crippen molar-refractivity contribution in [3.63, 3.8) is 0 Å². The third-order valence-corrected chi connectivity index (χ3v) is 4.16. The van der Waals surface area contributed by atoms with Gasteiger partial charge in [0.25, 0.3) is 0 Å². The van der Waals surface area contributed by atoms with Crippen LogP contribution in [-0.4, -0.2) is 23.2 Å². The molecule has 0 amide bonds. The molecule has 2 heterocycles. The van der Waals surface area contributed by atoms with Gasteiger partial charge in [0.1, 0.15) is 11.9 Å². The molecule has 0 aliphatic carbocycles. The molecule has 0 saturated carbocycles. The van der Waals surface area contributed by atoms with Crippen molar-refractivity contribution in [2.24, 2.45) is 0 Å². The van der Waals surface area contributed by atoms with E-state index in [9.17, 15) is 5.11 Å². The van der Waals surface area contributed by atoms with Crippen LogP contribution in [0.4, 0.5) is 5.82 Å². The highest BCUT2D eigenvalue weighted by atomic mass is 16.3. The molecule has 1 aliphatic heterocycles. The van der Waals surface area contributed by atoms with Gasteiger partial charge in [0.15, 0.2) is 0 Å². The normalized spacial score (nSPS) is 16.8. The first kappa shape index (κ1) is 14.1. The second-order valence-corrected chi connectivity index (χ2v) is 5.77. The van der Waals surface area contributed by atoms with Crippen LogP contribution in [0.1, 0.15) is 42.1 Å². The van der Waals surface area contributed by atoms with E-state index in [1.807, 2.05) is 36.5 Å². The highest BCUT2D eigenvalue weighted by Gasteiger charge is 2.17. The zero-order valence-electron chi connectivity index (χ0n) is 12.5. The number of anilines is 1. The summed E-state index contributed by atoms with van der Waals surface area (Å²) in [6.45, 7) is 4.26. The molecule has 1 aromatic carbocycles. The van der Waals surface area contributed by atoms with E-state index in [0.717, 1.165) is 35.6 Å². The third-order valence-electron chi connectivity index (χ3n) is 4.16. The van der Waals surface area contributed by atoms with Gasteiger partial charge in [-0.05, 0) is 43.4 Å². The smallest absolute Gasteiger partial charge is 0.131 e. The predicted octanol–water partition coefficient (Wildman–Crippen LogP) is 3.46. The summed E-state index contributed by atoms with van der Waals surface area (Å²) in [5.74, 6) is 1.07. The molecule has 1 saturated heterocycles. The van der Waals surface area contributed by atoms with Gasteiger partial charge in [-0.25, -0.2) is 4.98 Å². The Bertz CT molecular complexity index is 591. The molecule has 1 aromatic heterocycles. The van der Waals surface area contributed by atoms with Crippen molar-refractivity contribution in [1.29, 1.82) is 0 Å². The molecule has 3 rings (SSSR count). The number of aryl methyl sites for hydroxylation is 1. The monoisotopic (exact) mass is 282 g/mol. The Labute approximate surface area is 126 Å². The molecule has 2 aromatic rings. The number of benzene rings is 1. The van der Waals surface area contributed by atoms with Crippen molar-refractivity contribution in [3.05, 3.63) is 59.3 Å². The number of hydrogen-bond acceptors (Lipinski definition) is 3. The van der Waals surface area contributed by atoms with Crippen LogP contribution >= 0.6 is 0 Å². The van der Waals surface area contributed by atoms with E-state index < -0.39 is 6.10 Å². The van der Waals surface area contributed by atoms with Crippen molar-refractivity contribution < 1.29 is 5.11 Å². The number of aliphatic hydroxyl groups is 1. The number of aromatic nitrogens is 1. The lowest BCUT2D eigenvalue weighted by molar-refractivity contribution is 0.220. The fourth-order valence-corrected chi connectivity index (χ4v) is 3.00. The molecule has 3 heteroatoms. The predicted molar refractivity (Wildman–Crippen MR) is 85.5 cm³/mol. The maximum Gasteiger partial charge on any atom is 0.131 e. The van der Waals surface area contributed by atoms with Gasteiger partial charge in [-0.1, -0.05) is 30.3 Å². The Morgan fingerprint density at radius 2 is 1.76 bits per heavy atom. The first-order chi connectivity index (χ1) is 10.3. The Hall–Kier alpha value is -1.87. The zero-order chi connectivity index (χ0) is 14.7. The summed E-state index contributed by atoms with van der Waals surface area (Å²) in [6.07, 6.45) is 5.02. The van der Waals surface area contributed by atoms with Gasteiger partial charge in [-0.3, -0.25) is 0 Å². The summed E-state index contributed by atoms with van der Waals surface area (Å²) in [5, 5.41) is 10.5. The van der Waals surface area contributed by atoms with E-state index in [4.69, 9.17) is 0 Å². The Balaban J connectivity index is 1.83. The minimum Gasteiger partial charge on any atom is -0.384 e. The largest absolute Gasteiger partial charge is 0.384 e. The Morgan fingerprint density at radius 3 is 2.43 bits per heavy atom. The molecule has 1 atom stereocenters. The maximum atomic E-state index is 10.5. The molecule has 1 N–H and O–H groups in total. The molecular weight excluding hydrogens is 260 g/mol. The zero-order valence-corrected chi connectivity index (χ0v) is 12.5. The second kappa shape index (κ2) is 6.27. The van der Waals surface area contributed by atoms with E-state index in [-0.39, 0.29) is 0 Å². The standard InChI is InChI=1S/C18H22N2O/c1-14-12-16(17(21)15-8-4-2-5-9-15)13-19-18(14)20-10-6-3-7-11-20/h2,4-5,8-9,12-13,17,21H,3,6-7,10-11H2,1H3. The molecular formula is C18H22N2O. The number of hydrogen-bond donors (Lipinski definition) is 1. The number of rotatable bonds is 3. The van der Waals surface area contributed by atoms with Crippen LogP contribution in [0.2, 0.25) is 0 Å². The topological polar surface area (TPSA) is 36.4 Å². The van der Waals surface area contributed by atoms with E-state index >= 15 is 0 Å². The van der Waals surface area contributed by atoms with Gasteiger partial charge in [0, 0.05) is 24.8 Å². The average Bonchev–Trinajstić information content (AvgIpc) is 2.55. The Morgan fingerprint density at radius 1 is 1.05 bits per heavy atom. The lowest BCUT2D eigenvalue weighted by atomic mass is 10.0. The minimum absolute atomic E-state index is 0.604. The fourth-order valence-electron chi connectivity index (χ4n) is 3.00. The quantitative estimate of drug-likeness (QED) is 0.936. The lowest BCUT2D eigenvalue weighted by Gasteiger charge is -2.29. The molecule has 0 bridgehead atoms. The van der Waals surface area contributed by atoms with Crippen LogP contribution < -0.4 is 4.90 Å². The molecule has 21 heavy (non-hydrogen) atoms. The van der Waals surface area contributed by atoms with Gasteiger partial charge >= 0.3 is 0 Å². The average molecular weight is 282 g/mol. The lowest BCUT2D eigenvalue weighted by Crippen LogP contribution is -2.30. The SMILES string of the molecule is Cc1cc(C(O)c2ccccc2)cnc1N1CCCCC1. The van der Waals surface area contributed by atoms with Gasteiger partial charge in [0.2, 0.25) is 0 Å². The van der Waals surface area contributed by atoms with Crippen LogP contribution in [0.3, 0.4) is 0 Å². The van der Waals surface area contributed by atoms with Gasteiger partial charge < -0.3 is 10.0 Å². The summed E-state index contributed by atoms with van der Waals surface area (Å²) < 4.78 is 0. The van der Waals surface area contributed by atoms with Crippen molar-refractivity contribution in [2.45, 2.75) is 32.3 Å². The summed E-state index contributed by atoms with van der Waals surface area (Å²) >= 11 is 0.